The maximum atomic E-state index is 6.37. The molecule has 2 aromatic carbocycles. The van der Waals surface area contributed by atoms with Crippen LogP contribution >= 0.6 is 11.6 Å². The van der Waals surface area contributed by atoms with Gasteiger partial charge in [-0.05, 0) is 55.7 Å². The Labute approximate surface area is 144 Å². The zero-order valence-electron chi connectivity index (χ0n) is 14.2. The van der Waals surface area contributed by atoms with Crippen LogP contribution in [0.3, 0.4) is 0 Å². The van der Waals surface area contributed by atoms with Crippen molar-refractivity contribution in [3.05, 3.63) is 58.6 Å². The third kappa shape index (κ3) is 5.47. The molecule has 2 rings (SSSR count). The Balaban J connectivity index is 2.13. The molecule has 2 nitrogen and oxygen atoms in total. The van der Waals surface area contributed by atoms with Crippen LogP contribution in [-0.2, 0) is 6.42 Å². The van der Waals surface area contributed by atoms with Crippen LogP contribution < -0.4 is 10.1 Å². The minimum absolute atomic E-state index is 0.363. The van der Waals surface area contributed by atoms with Gasteiger partial charge in [0.25, 0.3) is 0 Å². The first-order valence-corrected chi connectivity index (χ1v) is 8.65. The van der Waals surface area contributed by atoms with E-state index in [4.69, 9.17) is 16.3 Å². The van der Waals surface area contributed by atoms with Crippen LogP contribution in [0.1, 0.15) is 37.3 Å². The molecule has 0 aliphatic rings. The molecule has 0 heterocycles. The summed E-state index contributed by atoms with van der Waals surface area (Å²) < 4.78 is 5.32. The minimum atomic E-state index is 0.363. The van der Waals surface area contributed by atoms with E-state index in [-0.39, 0.29) is 0 Å². The summed E-state index contributed by atoms with van der Waals surface area (Å²) in [5.74, 6) is 0.856. The van der Waals surface area contributed by atoms with E-state index in [9.17, 15) is 0 Å². The Kier molecular flexibility index (Phi) is 6.79. The fraction of sp³-hybridized carbons (Fsp3) is 0.400. The lowest BCUT2D eigenvalue weighted by atomic mass is 10.00. The molecule has 0 aliphatic heterocycles. The van der Waals surface area contributed by atoms with Gasteiger partial charge in [0.2, 0.25) is 0 Å². The highest BCUT2D eigenvalue weighted by Crippen LogP contribution is 2.25. The second-order valence-electron chi connectivity index (χ2n) is 6.01. The molecule has 0 spiro atoms. The van der Waals surface area contributed by atoms with Crippen molar-refractivity contribution in [2.24, 2.45) is 0 Å². The third-order valence-electron chi connectivity index (χ3n) is 4.05. The van der Waals surface area contributed by atoms with Crippen molar-refractivity contribution in [1.29, 1.82) is 0 Å². The molecule has 3 heteroatoms. The van der Waals surface area contributed by atoms with Gasteiger partial charge in [0.15, 0.2) is 0 Å². The van der Waals surface area contributed by atoms with Gasteiger partial charge in [0.05, 0.1) is 7.11 Å². The molecule has 1 unspecified atom stereocenters. The van der Waals surface area contributed by atoms with Crippen LogP contribution in [0.15, 0.2) is 42.5 Å². The highest BCUT2D eigenvalue weighted by molar-refractivity contribution is 6.31. The lowest BCUT2D eigenvalue weighted by Crippen LogP contribution is -2.22. The fourth-order valence-corrected chi connectivity index (χ4v) is 2.86. The number of aryl methyl sites for hydroxylation is 1. The van der Waals surface area contributed by atoms with Gasteiger partial charge in [-0.3, -0.25) is 0 Å². The fourth-order valence-electron chi connectivity index (χ4n) is 2.66. The lowest BCUT2D eigenvalue weighted by Gasteiger charge is -2.21. The highest BCUT2D eigenvalue weighted by Gasteiger charge is 2.12. The second kappa shape index (κ2) is 8.83. The molecule has 0 saturated carbocycles. The van der Waals surface area contributed by atoms with E-state index in [0.29, 0.717) is 6.04 Å². The molecule has 0 amide bonds. The monoisotopic (exact) mass is 331 g/mol. The van der Waals surface area contributed by atoms with Crippen LogP contribution in [0.4, 0.5) is 5.69 Å². The number of nitrogens with one attached hydrogen (secondary N) is 1. The van der Waals surface area contributed by atoms with Crippen molar-refractivity contribution in [1.82, 2.24) is 0 Å². The molecule has 0 aromatic heterocycles. The molecule has 23 heavy (non-hydrogen) atoms. The van der Waals surface area contributed by atoms with Gasteiger partial charge in [0, 0.05) is 16.8 Å². The molecular formula is C20H26ClNO. The van der Waals surface area contributed by atoms with Crippen molar-refractivity contribution in [2.75, 3.05) is 12.4 Å². The Morgan fingerprint density at radius 2 is 1.87 bits per heavy atom. The molecule has 0 saturated heterocycles. The van der Waals surface area contributed by atoms with Gasteiger partial charge in [0.1, 0.15) is 5.75 Å². The van der Waals surface area contributed by atoms with Crippen molar-refractivity contribution < 1.29 is 4.74 Å². The van der Waals surface area contributed by atoms with Gasteiger partial charge in [-0.15, -0.1) is 0 Å². The first kappa shape index (κ1) is 17.7. The average Bonchev–Trinajstić information content (AvgIpc) is 2.56. The van der Waals surface area contributed by atoms with Crippen molar-refractivity contribution >= 4 is 17.3 Å². The number of anilines is 1. The average molecular weight is 332 g/mol. The zero-order chi connectivity index (χ0) is 16.7. The van der Waals surface area contributed by atoms with Crippen LogP contribution in [0.25, 0.3) is 0 Å². The van der Waals surface area contributed by atoms with E-state index in [1.54, 1.807) is 7.11 Å². The number of hydrogen-bond acceptors (Lipinski definition) is 2. The summed E-state index contributed by atoms with van der Waals surface area (Å²) in [6.07, 6.45) is 4.41. The largest absolute Gasteiger partial charge is 0.497 e. The summed E-state index contributed by atoms with van der Waals surface area (Å²) in [6.45, 7) is 4.33. The summed E-state index contributed by atoms with van der Waals surface area (Å²) in [5, 5.41) is 4.46. The Morgan fingerprint density at radius 3 is 2.52 bits per heavy atom. The molecule has 124 valence electrons. The summed E-state index contributed by atoms with van der Waals surface area (Å²) >= 11 is 6.37. The number of methoxy groups -OCH3 is 1. The maximum absolute atomic E-state index is 6.37. The van der Waals surface area contributed by atoms with Crippen LogP contribution in [0.5, 0.6) is 5.75 Å². The summed E-state index contributed by atoms with van der Waals surface area (Å²) in [4.78, 5) is 0. The molecule has 0 fully saturated rings. The van der Waals surface area contributed by atoms with Crippen LogP contribution in [0.2, 0.25) is 5.02 Å². The smallest absolute Gasteiger partial charge is 0.119 e. The number of ether oxygens (including phenoxy) is 1. The van der Waals surface area contributed by atoms with Gasteiger partial charge in [-0.25, -0.2) is 0 Å². The molecule has 2 aromatic rings. The van der Waals surface area contributed by atoms with Crippen molar-refractivity contribution in [2.45, 2.75) is 45.6 Å². The zero-order valence-corrected chi connectivity index (χ0v) is 15.0. The molecule has 1 atom stereocenters. The Hall–Kier alpha value is -1.67. The minimum Gasteiger partial charge on any atom is -0.497 e. The summed E-state index contributed by atoms with van der Waals surface area (Å²) in [5.41, 5.74) is 3.57. The quantitative estimate of drug-likeness (QED) is 0.653. The Morgan fingerprint density at radius 1 is 1.13 bits per heavy atom. The molecular weight excluding hydrogens is 306 g/mol. The van der Waals surface area contributed by atoms with E-state index in [1.807, 2.05) is 18.2 Å². The number of halogens is 1. The van der Waals surface area contributed by atoms with Gasteiger partial charge in [-0.2, -0.15) is 0 Å². The van der Waals surface area contributed by atoms with Crippen LogP contribution in [0, 0.1) is 6.92 Å². The van der Waals surface area contributed by atoms with Gasteiger partial charge >= 0.3 is 0 Å². The standard InChI is InChI=1S/C20H26ClNO/c1-4-5-6-18(22-17-9-7-15(2)8-10-17)13-16-14-19(23-3)11-12-20(16)21/h7-12,14,18,22H,4-6,13H2,1-3H3. The van der Waals surface area contributed by atoms with Crippen LogP contribution in [-0.4, -0.2) is 13.2 Å². The first-order valence-electron chi connectivity index (χ1n) is 8.28. The first-order chi connectivity index (χ1) is 11.1. The number of hydrogen-bond donors (Lipinski definition) is 1. The number of rotatable bonds is 8. The van der Waals surface area contributed by atoms with Crippen molar-refractivity contribution in [3.8, 4) is 5.75 Å². The number of unbranched alkanes of at least 4 members (excludes halogenated alkanes) is 1. The van der Waals surface area contributed by atoms with E-state index < -0.39 is 0 Å². The van der Waals surface area contributed by atoms with E-state index in [1.165, 1.54) is 18.4 Å². The van der Waals surface area contributed by atoms with Crippen molar-refractivity contribution in [3.63, 3.8) is 0 Å². The predicted octanol–water partition coefficient (Wildman–Crippen LogP) is 5.87. The predicted molar refractivity (Wildman–Crippen MR) is 99.8 cm³/mol. The third-order valence-corrected chi connectivity index (χ3v) is 4.42. The van der Waals surface area contributed by atoms with E-state index >= 15 is 0 Å². The summed E-state index contributed by atoms with van der Waals surface area (Å²) in [7, 11) is 1.69. The topological polar surface area (TPSA) is 21.3 Å². The maximum Gasteiger partial charge on any atom is 0.119 e. The molecule has 1 N–H and O–H groups in total. The normalized spacial score (nSPS) is 12.0. The molecule has 0 radical (unpaired) electrons. The number of benzene rings is 2. The van der Waals surface area contributed by atoms with Gasteiger partial charge in [-0.1, -0.05) is 49.1 Å². The second-order valence-corrected chi connectivity index (χ2v) is 6.42. The highest BCUT2D eigenvalue weighted by atomic mass is 35.5. The van der Waals surface area contributed by atoms with E-state index in [2.05, 4.69) is 43.4 Å². The SMILES string of the molecule is CCCCC(Cc1cc(OC)ccc1Cl)Nc1ccc(C)cc1. The lowest BCUT2D eigenvalue weighted by molar-refractivity contribution is 0.414. The summed E-state index contributed by atoms with van der Waals surface area (Å²) in [6, 6.07) is 14.8. The molecule has 0 bridgehead atoms. The Bertz CT molecular complexity index is 610. The van der Waals surface area contributed by atoms with Gasteiger partial charge < -0.3 is 10.1 Å². The van der Waals surface area contributed by atoms with E-state index in [0.717, 1.165) is 34.9 Å². The molecule has 0 aliphatic carbocycles.